The summed E-state index contributed by atoms with van der Waals surface area (Å²) in [6, 6.07) is 14.2. The van der Waals surface area contributed by atoms with Crippen LogP contribution in [-0.2, 0) is 0 Å². The van der Waals surface area contributed by atoms with Crippen LogP contribution in [0.5, 0.6) is 0 Å². The number of aliphatic hydroxyl groups excluding tert-OH is 1. The standard InChI is InChI=1S/C15H16F2N2O/c16-15(17,11-20)10-19-14(12-6-2-1-3-7-12)13-8-4-5-9-18-13/h1-9,14,19-20H,10-11H2. The van der Waals surface area contributed by atoms with Gasteiger partial charge in [0.1, 0.15) is 6.61 Å². The van der Waals surface area contributed by atoms with Crippen molar-refractivity contribution in [2.24, 2.45) is 0 Å². The lowest BCUT2D eigenvalue weighted by molar-refractivity contribution is -0.0487. The summed E-state index contributed by atoms with van der Waals surface area (Å²) >= 11 is 0. The van der Waals surface area contributed by atoms with Gasteiger partial charge < -0.3 is 5.11 Å². The smallest absolute Gasteiger partial charge is 0.282 e. The Morgan fingerprint density at radius 1 is 1.10 bits per heavy atom. The Hall–Kier alpha value is -1.85. The van der Waals surface area contributed by atoms with Crippen molar-refractivity contribution in [1.82, 2.24) is 10.3 Å². The third-order valence-electron chi connectivity index (χ3n) is 2.91. The molecule has 0 spiro atoms. The molecule has 0 saturated carbocycles. The van der Waals surface area contributed by atoms with Gasteiger partial charge in [-0.3, -0.25) is 10.3 Å². The topological polar surface area (TPSA) is 45.1 Å². The van der Waals surface area contributed by atoms with Gasteiger partial charge in [0.25, 0.3) is 5.92 Å². The van der Waals surface area contributed by atoms with Crippen LogP contribution in [-0.4, -0.2) is 29.2 Å². The van der Waals surface area contributed by atoms with E-state index in [1.165, 1.54) is 0 Å². The van der Waals surface area contributed by atoms with Crippen molar-refractivity contribution < 1.29 is 13.9 Å². The van der Waals surface area contributed by atoms with E-state index in [1.807, 2.05) is 36.4 Å². The number of alkyl halides is 2. The van der Waals surface area contributed by atoms with E-state index in [0.717, 1.165) is 5.56 Å². The Morgan fingerprint density at radius 3 is 2.40 bits per heavy atom. The van der Waals surface area contributed by atoms with Gasteiger partial charge in [-0.25, -0.2) is 8.78 Å². The fourth-order valence-electron chi connectivity index (χ4n) is 1.89. The lowest BCUT2D eigenvalue weighted by Gasteiger charge is -2.22. The summed E-state index contributed by atoms with van der Waals surface area (Å²) in [6.07, 6.45) is 1.62. The maximum Gasteiger partial charge on any atom is 0.282 e. The Morgan fingerprint density at radius 2 is 1.80 bits per heavy atom. The molecule has 2 rings (SSSR count). The molecule has 0 fully saturated rings. The third-order valence-corrected chi connectivity index (χ3v) is 2.91. The predicted molar refractivity (Wildman–Crippen MR) is 72.6 cm³/mol. The average molecular weight is 278 g/mol. The average Bonchev–Trinajstić information content (AvgIpc) is 2.49. The molecule has 1 heterocycles. The minimum absolute atomic E-state index is 0.435. The van der Waals surface area contributed by atoms with Gasteiger partial charge >= 0.3 is 0 Å². The molecule has 3 nitrogen and oxygen atoms in total. The molecule has 0 amide bonds. The van der Waals surface area contributed by atoms with Gasteiger partial charge in [-0.15, -0.1) is 0 Å². The van der Waals surface area contributed by atoms with Crippen molar-refractivity contribution in [3.8, 4) is 0 Å². The predicted octanol–water partition coefficient (Wildman–Crippen LogP) is 2.39. The van der Waals surface area contributed by atoms with Crippen LogP contribution in [0.25, 0.3) is 0 Å². The van der Waals surface area contributed by atoms with Crippen LogP contribution in [0.3, 0.4) is 0 Å². The van der Waals surface area contributed by atoms with E-state index in [4.69, 9.17) is 5.11 Å². The SMILES string of the molecule is OCC(F)(F)CNC(c1ccccc1)c1ccccn1. The first-order valence-corrected chi connectivity index (χ1v) is 6.30. The van der Waals surface area contributed by atoms with Gasteiger partial charge in [-0.1, -0.05) is 36.4 Å². The zero-order valence-corrected chi connectivity index (χ0v) is 10.8. The largest absolute Gasteiger partial charge is 0.390 e. The Labute approximate surface area is 116 Å². The van der Waals surface area contributed by atoms with Crippen molar-refractivity contribution in [3.05, 3.63) is 66.0 Å². The second-order valence-electron chi connectivity index (χ2n) is 4.49. The fraction of sp³-hybridized carbons (Fsp3) is 0.267. The first-order valence-electron chi connectivity index (χ1n) is 6.30. The van der Waals surface area contributed by atoms with E-state index >= 15 is 0 Å². The Balaban J connectivity index is 2.22. The van der Waals surface area contributed by atoms with Crippen LogP contribution in [0.4, 0.5) is 8.78 Å². The van der Waals surface area contributed by atoms with Gasteiger partial charge in [0, 0.05) is 6.20 Å². The van der Waals surface area contributed by atoms with Crippen molar-refractivity contribution >= 4 is 0 Å². The molecule has 20 heavy (non-hydrogen) atoms. The summed E-state index contributed by atoms with van der Waals surface area (Å²) in [4.78, 5) is 4.21. The third kappa shape index (κ3) is 3.82. The number of halogens is 2. The lowest BCUT2D eigenvalue weighted by Crippen LogP contribution is -2.38. The van der Waals surface area contributed by atoms with E-state index in [9.17, 15) is 8.78 Å². The highest BCUT2D eigenvalue weighted by atomic mass is 19.3. The van der Waals surface area contributed by atoms with Crippen molar-refractivity contribution in [1.29, 1.82) is 0 Å². The van der Waals surface area contributed by atoms with E-state index in [2.05, 4.69) is 10.3 Å². The maximum atomic E-state index is 13.2. The lowest BCUT2D eigenvalue weighted by atomic mass is 10.0. The van der Waals surface area contributed by atoms with Crippen LogP contribution < -0.4 is 5.32 Å². The van der Waals surface area contributed by atoms with Gasteiger partial charge in [-0.2, -0.15) is 0 Å². The molecule has 1 unspecified atom stereocenters. The van der Waals surface area contributed by atoms with Crippen molar-refractivity contribution in [2.75, 3.05) is 13.2 Å². The number of hydrogen-bond donors (Lipinski definition) is 2. The number of benzene rings is 1. The molecular weight excluding hydrogens is 262 g/mol. The summed E-state index contributed by atoms with van der Waals surface area (Å²) in [7, 11) is 0. The molecule has 1 atom stereocenters. The van der Waals surface area contributed by atoms with Crippen LogP contribution in [0.2, 0.25) is 0 Å². The minimum Gasteiger partial charge on any atom is -0.390 e. The number of nitrogens with zero attached hydrogens (tertiary/aromatic N) is 1. The molecule has 0 aliphatic heterocycles. The number of rotatable bonds is 6. The molecule has 0 radical (unpaired) electrons. The van der Waals surface area contributed by atoms with E-state index in [-0.39, 0.29) is 0 Å². The molecule has 1 aromatic heterocycles. The Bertz CT molecular complexity index is 480. The zero-order valence-electron chi connectivity index (χ0n) is 10.8. The van der Waals surface area contributed by atoms with E-state index in [1.54, 1.807) is 18.3 Å². The second-order valence-corrected chi connectivity index (χ2v) is 4.49. The minimum atomic E-state index is -3.15. The summed E-state index contributed by atoms with van der Waals surface area (Å²) in [5, 5.41) is 11.4. The highest BCUT2D eigenvalue weighted by Crippen LogP contribution is 2.21. The van der Waals surface area contributed by atoms with Crippen molar-refractivity contribution in [2.45, 2.75) is 12.0 Å². The molecular formula is C15H16F2N2O. The van der Waals surface area contributed by atoms with Gasteiger partial charge in [0.15, 0.2) is 0 Å². The summed E-state index contributed by atoms with van der Waals surface area (Å²) < 4.78 is 26.4. The van der Waals surface area contributed by atoms with Gasteiger partial charge in [0.2, 0.25) is 0 Å². The molecule has 0 saturated heterocycles. The monoisotopic (exact) mass is 278 g/mol. The quantitative estimate of drug-likeness (QED) is 0.853. The highest BCUT2D eigenvalue weighted by Gasteiger charge is 2.29. The molecule has 2 N–H and O–H groups in total. The number of hydrogen-bond acceptors (Lipinski definition) is 3. The summed E-state index contributed by atoms with van der Waals surface area (Å²) in [5.74, 6) is -3.15. The number of nitrogens with one attached hydrogen (secondary N) is 1. The maximum absolute atomic E-state index is 13.2. The molecule has 2 aromatic rings. The van der Waals surface area contributed by atoms with Gasteiger partial charge in [0.05, 0.1) is 18.3 Å². The van der Waals surface area contributed by atoms with Crippen LogP contribution in [0.15, 0.2) is 54.7 Å². The molecule has 1 aromatic carbocycles. The molecule has 106 valence electrons. The number of aromatic nitrogens is 1. The molecule has 5 heteroatoms. The first kappa shape index (κ1) is 14.6. The van der Waals surface area contributed by atoms with Crippen LogP contribution in [0.1, 0.15) is 17.3 Å². The molecule has 0 aliphatic rings. The van der Waals surface area contributed by atoms with E-state index in [0.29, 0.717) is 5.69 Å². The fourth-order valence-corrected chi connectivity index (χ4v) is 1.89. The normalized spacial score (nSPS) is 13.2. The second kappa shape index (κ2) is 6.54. The molecule has 0 aliphatic carbocycles. The zero-order chi connectivity index (χ0) is 14.4. The van der Waals surface area contributed by atoms with Gasteiger partial charge in [-0.05, 0) is 17.7 Å². The first-order chi connectivity index (χ1) is 9.62. The highest BCUT2D eigenvalue weighted by molar-refractivity contribution is 5.27. The number of pyridine rings is 1. The van der Waals surface area contributed by atoms with Crippen LogP contribution >= 0.6 is 0 Å². The Kier molecular flexibility index (Phi) is 4.76. The van der Waals surface area contributed by atoms with Crippen molar-refractivity contribution in [3.63, 3.8) is 0 Å². The molecule has 0 bridgehead atoms. The van der Waals surface area contributed by atoms with Crippen LogP contribution in [0, 0.1) is 0 Å². The summed E-state index contributed by atoms with van der Waals surface area (Å²) in [6.45, 7) is -1.79. The summed E-state index contributed by atoms with van der Waals surface area (Å²) in [5.41, 5.74) is 1.51. The number of aliphatic hydroxyl groups is 1. The van der Waals surface area contributed by atoms with E-state index < -0.39 is 25.1 Å².